The Morgan fingerprint density at radius 2 is 2.00 bits per heavy atom. The van der Waals surface area contributed by atoms with Gasteiger partial charge in [-0.1, -0.05) is 12.1 Å². The molecule has 0 aromatic carbocycles. The minimum absolute atomic E-state index is 0.129. The van der Waals surface area contributed by atoms with Crippen molar-refractivity contribution in [2.24, 2.45) is 11.1 Å². The van der Waals surface area contributed by atoms with Crippen LogP contribution in [0.4, 0.5) is 0 Å². The molecule has 1 spiro atoms. The minimum atomic E-state index is -0.130. The van der Waals surface area contributed by atoms with Crippen LogP contribution in [0.2, 0.25) is 0 Å². The molecule has 0 radical (unpaired) electrons. The Morgan fingerprint density at radius 1 is 1.19 bits per heavy atom. The summed E-state index contributed by atoms with van der Waals surface area (Å²) in [6, 6.07) is 8.29. The zero-order chi connectivity index (χ0) is 18.7. The molecule has 1 unspecified atom stereocenters. The Labute approximate surface area is 165 Å². The van der Waals surface area contributed by atoms with Crippen molar-refractivity contribution in [3.63, 3.8) is 0 Å². The zero-order valence-corrected chi connectivity index (χ0v) is 16.5. The number of thiophene rings is 1. The Bertz CT molecular complexity index is 741. The summed E-state index contributed by atoms with van der Waals surface area (Å²) < 4.78 is 0. The standard InChI is InChI=1S/C21H28N4OS/c22-18(19-4-2-14-27-19)5-10-24-11-6-21(7-12-24)8-13-25(20(21)26)16-17-3-1-9-23-15-17/h1-4,9,14-15,18H,5-8,10-13,16,22H2. The van der Waals surface area contributed by atoms with E-state index in [9.17, 15) is 4.79 Å². The fourth-order valence-electron chi connectivity index (χ4n) is 4.39. The monoisotopic (exact) mass is 384 g/mol. The number of hydrogen-bond donors (Lipinski definition) is 1. The van der Waals surface area contributed by atoms with Crippen LogP contribution >= 0.6 is 11.3 Å². The van der Waals surface area contributed by atoms with Gasteiger partial charge in [-0.25, -0.2) is 0 Å². The molecule has 0 bridgehead atoms. The van der Waals surface area contributed by atoms with Crippen molar-refractivity contribution in [2.75, 3.05) is 26.2 Å². The fraction of sp³-hybridized carbons (Fsp3) is 0.524. The van der Waals surface area contributed by atoms with Gasteiger partial charge in [-0.3, -0.25) is 9.78 Å². The van der Waals surface area contributed by atoms with Crippen LogP contribution in [0.5, 0.6) is 0 Å². The molecular weight excluding hydrogens is 356 g/mol. The second-order valence-electron chi connectivity index (χ2n) is 7.87. The first kappa shape index (κ1) is 18.6. The molecule has 0 aliphatic carbocycles. The molecule has 2 aromatic heterocycles. The topological polar surface area (TPSA) is 62.5 Å². The number of carbonyl (C=O) groups is 1. The maximum absolute atomic E-state index is 13.1. The molecular formula is C21H28N4OS. The Balaban J connectivity index is 1.27. The highest BCUT2D eigenvalue weighted by molar-refractivity contribution is 7.10. The summed E-state index contributed by atoms with van der Waals surface area (Å²) in [6.07, 6.45) is 7.56. The highest BCUT2D eigenvalue weighted by Crippen LogP contribution is 2.42. The van der Waals surface area contributed by atoms with Crippen molar-refractivity contribution in [3.05, 3.63) is 52.5 Å². The molecule has 2 aromatic rings. The SMILES string of the molecule is NC(CCN1CCC2(CC1)CCN(Cc1cccnc1)C2=O)c1cccs1. The van der Waals surface area contributed by atoms with Crippen molar-refractivity contribution in [2.45, 2.75) is 38.3 Å². The van der Waals surface area contributed by atoms with Gasteiger partial charge in [0, 0.05) is 36.4 Å². The summed E-state index contributed by atoms with van der Waals surface area (Å²) in [5.41, 5.74) is 7.29. The first-order valence-electron chi connectivity index (χ1n) is 9.86. The predicted molar refractivity (Wildman–Crippen MR) is 108 cm³/mol. The van der Waals surface area contributed by atoms with Gasteiger partial charge in [0.25, 0.3) is 0 Å². The molecule has 2 aliphatic rings. The molecule has 5 nitrogen and oxygen atoms in total. The predicted octanol–water partition coefficient (Wildman–Crippen LogP) is 3.05. The van der Waals surface area contributed by atoms with E-state index in [4.69, 9.17) is 5.73 Å². The van der Waals surface area contributed by atoms with Crippen LogP contribution in [0, 0.1) is 5.41 Å². The van der Waals surface area contributed by atoms with E-state index >= 15 is 0 Å². The van der Waals surface area contributed by atoms with Crippen molar-refractivity contribution in [1.82, 2.24) is 14.8 Å². The lowest BCUT2D eigenvalue weighted by Gasteiger charge is -2.38. The number of amides is 1. The normalized spacial score (nSPS) is 21.1. The lowest BCUT2D eigenvalue weighted by molar-refractivity contribution is -0.138. The number of aromatic nitrogens is 1. The quantitative estimate of drug-likeness (QED) is 0.831. The molecule has 27 heavy (non-hydrogen) atoms. The van der Waals surface area contributed by atoms with Gasteiger partial charge < -0.3 is 15.5 Å². The molecule has 2 aliphatic heterocycles. The zero-order valence-electron chi connectivity index (χ0n) is 15.7. The van der Waals surface area contributed by atoms with Gasteiger partial charge in [-0.15, -0.1) is 11.3 Å². The van der Waals surface area contributed by atoms with E-state index in [0.717, 1.165) is 57.4 Å². The smallest absolute Gasteiger partial charge is 0.229 e. The van der Waals surface area contributed by atoms with E-state index in [0.29, 0.717) is 12.5 Å². The largest absolute Gasteiger partial charge is 0.338 e. The Hall–Kier alpha value is -1.76. The van der Waals surface area contributed by atoms with Crippen molar-refractivity contribution in [3.8, 4) is 0 Å². The number of nitrogens with zero attached hydrogens (tertiary/aromatic N) is 3. The van der Waals surface area contributed by atoms with E-state index in [1.165, 1.54) is 4.88 Å². The third-order valence-corrected chi connectivity index (χ3v) is 7.18. The highest BCUT2D eigenvalue weighted by Gasteiger charge is 2.47. The summed E-state index contributed by atoms with van der Waals surface area (Å²) in [5, 5.41) is 2.09. The highest BCUT2D eigenvalue weighted by atomic mass is 32.1. The van der Waals surface area contributed by atoms with Crippen molar-refractivity contribution in [1.29, 1.82) is 0 Å². The van der Waals surface area contributed by atoms with Crippen LogP contribution in [0.1, 0.15) is 42.2 Å². The van der Waals surface area contributed by atoms with Crippen LogP contribution < -0.4 is 5.73 Å². The molecule has 2 saturated heterocycles. The lowest BCUT2D eigenvalue weighted by atomic mass is 9.77. The number of piperidine rings is 1. The number of pyridine rings is 1. The molecule has 4 heterocycles. The summed E-state index contributed by atoms with van der Waals surface area (Å²) in [6.45, 7) is 4.58. The number of nitrogens with two attached hydrogens (primary N) is 1. The van der Waals surface area contributed by atoms with E-state index < -0.39 is 0 Å². The average molecular weight is 385 g/mol. The first-order valence-corrected chi connectivity index (χ1v) is 10.7. The first-order chi connectivity index (χ1) is 13.2. The Kier molecular flexibility index (Phi) is 5.57. The van der Waals surface area contributed by atoms with Crippen molar-refractivity contribution >= 4 is 17.2 Å². The summed E-state index contributed by atoms with van der Waals surface area (Å²) >= 11 is 1.74. The van der Waals surface area contributed by atoms with Gasteiger partial charge in [0.1, 0.15) is 0 Å². The number of rotatable bonds is 6. The third kappa shape index (κ3) is 4.08. The maximum atomic E-state index is 13.1. The third-order valence-electron chi connectivity index (χ3n) is 6.18. The second-order valence-corrected chi connectivity index (χ2v) is 8.85. The van der Waals surface area contributed by atoms with Gasteiger partial charge in [-0.05, 0) is 68.4 Å². The van der Waals surface area contributed by atoms with Crippen LogP contribution in [0.25, 0.3) is 0 Å². The molecule has 4 rings (SSSR count). The molecule has 0 saturated carbocycles. The van der Waals surface area contributed by atoms with E-state index in [1.807, 2.05) is 23.2 Å². The molecule has 144 valence electrons. The van der Waals surface area contributed by atoms with Crippen LogP contribution in [-0.2, 0) is 11.3 Å². The number of carbonyl (C=O) groups excluding carboxylic acids is 1. The molecule has 2 N–H and O–H groups in total. The van der Waals surface area contributed by atoms with E-state index in [1.54, 1.807) is 17.5 Å². The maximum Gasteiger partial charge on any atom is 0.229 e. The lowest BCUT2D eigenvalue weighted by Crippen LogP contribution is -2.45. The van der Waals surface area contributed by atoms with Gasteiger partial charge in [0.15, 0.2) is 0 Å². The van der Waals surface area contributed by atoms with Gasteiger partial charge in [0.05, 0.1) is 5.41 Å². The van der Waals surface area contributed by atoms with Gasteiger partial charge >= 0.3 is 0 Å². The van der Waals surface area contributed by atoms with Crippen LogP contribution in [0.15, 0.2) is 42.0 Å². The minimum Gasteiger partial charge on any atom is -0.338 e. The number of likely N-dealkylation sites (tertiary alicyclic amines) is 2. The molecule has 1 atom stereocenters. The Morgan fingerprint density at radius 3 is 2.70 bits per heavy atom. The molecule has 6 heteroatoms. The van der Waals surface area contributed by atoms with E-state index in [2.05, 4.69) is 27.4 Å². The van der Waals surface area contributed by atoms with Gasteiger partial charge in [-0.2, -0.15) is 0 Å². The average Bonchev–Trinajstić information content (AvgIpc) is 3.34. The molecule has 2 fully saturated rings. The van der Waals surface area contributed by atoms with Crippen LogP contribution in [0.3, 0.4) is 0 Å². The number of hydrogen-bond acceptors (Lipinski definition) is 5. The summed E-state index contributed by atoms with van der Waals surface area (Å²) in [4.78, 5) is 23.0. The van der Waals surface area contributed by atoms with Gasteiger partial charge in [0.2, 0.25) is 5.91 Å². The summed E-state index contributed by atoms with van der Waals surface area (Å²) in [7, 11) is 0. The van der Waals surface area contributed by atoms with Crippen molar-refractivity contribution < 1.29 is 4.79 Å². The summed E-state index contributed by atoms with van der Waals surface area (Å²) in [5.74, 6) is 0.348. The van der Waals surface area contributed by atoms with Crippen LogP contribution in [-0.4, -0.2) is 46.9 Å². The fourth-order valence-corrected chi connectivity index (χ4v) is 5.15. The van der Waals surface area contributed by atoms with E-state index in [-0.39, 0.29) is 11.5 Å². The molecule has 1 amide bonds. The second kappa shape index (κ2) is 8.09.